The minimum absolute atomic E-state index is 0.185. The molecule has 0 spiro atoms. The third-order valence-electron chi connectivity index (χ3n) is 4.45. The predicted octanol–water partition coefficient (Wildman–Crippen LogP) is 4.42. The van der Waals surface area contributed by atoms with E-state index in [4.69, 9.17) is 9.47 Å². The van der Waals surface area contributed by atoms with Gasteiger partial charge in [0.15, 0.2) is 6.29 Å². The van der Waals surface area contributed by atoms with Gasteiger partial charge in [-0.2, -0.15) is 0 Å². The van der Waals surface area contributed by atoms with Crippen molar-refractivity contribution in [2.75, 3.05) is 7.11 Å². The van der Waals surface area contributed by atoms with Crippen LogP contribution in [0, 0.1) is 0 Å². The second-order valence-corrected chi connectivity index (χ2v) is 6.17. The zero-order valence-corrected chi connectivity index (χ0v) is 13.7. The van der Waals surface area contributed by atoms with Crippen molar-refractivity contribution in [1.29, 1.82) is 0 Å². The molecule has 0 amide bonds. The SMILES string of the molecule is CCCCCCCC(O)C1(CCCCCC)OC1OC. The Bertz CT molecular complexity index is 244. The smallest absolute Gasteiger partial charge is 0.189 e. The number of aliphatic hydroxyl groups excluding tert-OH is 1. The van der Waals surface area contributed by atoms with Crippen LogP contribution in [0.2, 0.25) is 0 Å². The third kappa shape index (κ3) is 5.34. The molecule has 3 nitrogen and oxygen atoms in total. The number of rotatable bonds is 13. The van der Waals surface area contributed by atoms with E-state index >= 15 is 0 Å². The maximum absolute atomic E-state index is 10.4. The molecule has 0 saturated carbocycles. The average molecular weight is 286 g/mol. The standard InChI is InChI=1S/C17H34O3/c1-4-6-8-10-11-13-15(18)17(16(19-3)20-17)14-12-9-7-5-2/h15-16,18H,4-14H2,1-3H3. The largest absolute Gasteiger partial charge is 0.390 e. The maximum atomic E-state index is 10.4. The molecule has 0 aliphatic carbocycles. The van der Waals surface area contributed by atoms with Gasteiger partial charge in [0.25, 0.3) is 0 Å². The highest BCUT2D eigenvalue weighted by Gasteiger charge is 2.61. The van der Waals surface area contributed by atoms with E-state index in [0.717, 1.165) is 25.7 Å². The van der Waals surface area contributed by atoms with Crippen LogP contribution in [0.1, 0.15) is 84.5 Å². The van der Waals surface area contributed by atoms with Crippen LogP contribution in [-0.4, -0.2) is 30.2 Å². The van der Waals surface area contributed by atoms with E-state index in [0.29, 0.717) is 0 Å². The van der Waals surface area contributed by atoms with Crippen LogP contribution in [0.15, 0.2) is 0 Å². The molecule has 120 valence electrons. The van der Waals surface area contributed by atoms with Crippen LogP contribution in [-0.2, 0) is 9.47 Å². The molecule has 1 rings (SSSR count). The Balaban J connectivity index is 2.26. The summed E-state index contributed by atoms with van der Waals surface area (Å²) in [5, 5.41) is 10.4. The van der Waals surface area contributed by atoms with Crippen molar-refractivity contribution in [1.82, 2.24) is 0 Å². The topological polar surface area (TPSA) is 42.0 Å². The summed E-state index contributed by atoms with van der Waals surface area (Å²) in [5.74, 6) is 0. The van der Waals surface area contributed by atoms with Gasteiger partial charge in [-0.05, 0) is 12.8 Å². The summed E-state index contributed by atoms with van der Waals surface area (Å²) in [6, 6.07) is 0. The third-order valence-corrected chi connectivity index (χ3v) is 4.45. The van der Waals surface area contributed by atoms with Gasteiger partial charge >= 0.3 is 0 Å². The van der Waals surface area contributed by atoms with Crippen molar-refractivity contribution in [3.05, 3.63) is 0 Å². The number of methoxy groups -OCH3 is 1. The Morgan fingerprint density at radius 1 is 1.00 bits per heavy atom. The Hall–Kier alpha value is -0.120. The molecule has 0 radical (unpaired) electrons. The Morgan fingerprint density at radius 2 is 1.60 bits per heavy atom. The molecular weight excluding hydrogens is 252 g/mol. The Morgan fingerprint density at radius 3 is 2.15 bits per heavy atom. The molecule has 3 heteroatoms. The van der Waals surface area contributed by atoms with E-state index in [9.17, 15) is 5.11 Å². The molecule has 3 unspecified atom stereocenters. The number of hydrogen-bond acceptors (Lipinski definition) is 3. The highest BCUT2D eigenvalue weighted by atomic mass is 16.8. The first-order chi connectivity index (χ1) is 9.71. The molecule has 0 aromatic heterocycles. The van der Waals surface area contributed by atoms with Crippen molar-refractivity contribution >= 4 is 0 Å². The quantitative estimate of drug-likeness (QED) is 0.402. The lowest BCUT2D eigenvalue weighted by molar-refractivity contribution is 0.0583. The number of aliphatic hydroxyl groups is 1. The summed E-state index contributed by atoms with van der Waals surface area (Å²) in [5.41, 5.74) is -0.396. The van der Waals surface area contributed by atoms with Gasteiger partial charge in [-0.1, -0.05) is 71.6 Å². The molecule has 3 atom stereocenters. The lowest BCUT2D eigenvalue weighted by atomic mass is 9.91. The number of unbranched alkanes of at least 4 members (excludes halogenated alkanes) is 7. The molecule has 20 heavy (non-hydrogen) atoms. The summed E-state index contributed by atoms with van der Waals surface area (Å²) in [4.78, 5) is 0. The Kier molecular flexibility index (Phi) is 8.74. The highest BCUT2D eigenvalue weighted by Crippen LogP contribution is 2.46. The van der Waals surface area contributed by atoms with Crippen LogP contribution in [0.5, 0.6) is 0 Å². The lowest BCUT2D eigenvalue weighted by Gasteiger charge is -2.19. The van der Waals surface area contributed by atoms with Crippen LogP contribution >= 0.6 is 0 Å². The van der Waals surface area contributed by atoms with E-state index in [1.807, 2.05) is 0 Å². The minimum Gasteiger partial charge on any atom is -0.390 e. The molecule has 1 fully saturated rings. The predicted molar refractivity (Wildman–Crippen MR) is 82.8 cm³/mol. The molecule has 0 aromatic carbocycles. The second-order valence-electron chi connectivity index (χ2n) is 6.17. The van der Waals surface area contributed by atoms with Gasteiger partial charge in [0, 0.05) is 7.11 Å². The molecule has 1 aliphatic rings. The number of hydrogen-bond donors (Lipinski definition) is 1. The van der Waals surface area contributed by atoms with Gasteiger partial charge < -0.3 is 14.6 Å². The van der Waals surface area contributed by atoms with Gasteiger partial charge in [0.1, 0.15) is 5.60 Å². The summed E-state index contributed by atoms with van der Waals surface area (Å²) < 4.78 is 11.0. The molecule has 1 N–H and O–H groups in total. The summed E-state index contributed by atoms with van der Waals surface area (Å²) in [6.45, 7) is 4.44. The first kappa shape index (κ1) is 17.9. The lowest BCUT2D eigenvalue weighted by Crippen LogP contribution is -2.33. The normalized spacial score (nSPS) is 26.7. The van der Waals surface area contributed by atoms with Gasteiger partial charge in [0.05, 0.1) is 6.10 Å². The fourth-order valence-corrected chi connectivity index (χ4v) is 3.01. The summed E-state index contributed by atoms with van der Waals surface area (Å²) >= 11 is 0. The van der Waals surface area contributed by atoms with Crippen LogP contribution < -0.4 is 0 Å². The van der Waals surface area contributed by atoms with Gasteiger partial charge in [0.2, 0.25) is 0 Å². The van der Waals surface area contributed by atoms with E-state index in [1.54, 1.807) is 7.11 Å². The average Bonchev–Trinajstić information content (AvgIpc) is 3.18. The van der Waals surface area contributed by atoms with Crippen molar-refractivity contribution in [3.8, 4) is 0 Å². The first-order valence-corrected chi connectivity index (χ1v) is 8.60. The molecule has 1 heterocycles. The van der Waals surface area contributed by atoms with Crippen LogP contribution in [0.25, 0.3) is 0 Å². The maximum Gasteiger partial charge on any atom is 0.189 e. The molecule has 1 saturated heterocycles. The second kappa shape index (κ2) is 9.75. The van der Waals surface area contributed by atoms with Gasteiger partial charge in [-0.3, -0.25) is 0 Å². The molecule has 1 aliphatic heterocycles. The van der Waals surface area contributed by atoms with Crippen molar-refractivity contribution in [2.24, 2.45) is 0 Å². The first-order valence-electron chi connectivity index (χ1n) is 8.60. The van der Waals surface area contributed by atoms with Crippen LogP contribution in [0.3, 0.4) is 0 Å². The fourth-order valence-electron chi connectivity index (χ4n) is 3.01. The Labute approximate surface area is 125 Å². The summed E-state index contributed by atoms with van der Waals surface area (Å²) in [7, 11) is 1.67. The monoisotopic (exact) mass is 286 g/mol. The highest BCUT2D eigenvalue weighted by molar-refractivity contribution is 5.03. The van der Waals surface area contributed by atoms with Crippen molar-refractivity contribution in [2.45, 2.75) is 102 Å². The fraction of sp³-hybridized carbons (Fsp3) is 1.00. The van der Waals surface area contributed by atoms with Crippen molar-refractivity contribution in [3.63, 3.8) is 0 Å². The minimum atomic E-state index is -0.396. The molecular formula is C17H34O3. The van der Waals surface area contributed by atoms with E-state index in [2.05, 4.69) is 13.8 Å². The zero-order valence-electron chi connectivity index (χ0n) is 13.7. The van der Waals surface area contributed by atoms with Gasteiger partial charge in [-0.25, -0.2) is 0 Å². The number of epoxide rings is 1. The van der Waals surface area contributed by atoms with E-state index < -0.39 is 5.60 Å². The molecule has 0 bridgehead atoms. The van der Waals surface area contributed by atoms with E-state index in [-0.39, 0.29) is 12.4 Å². The number of ether oxygens (including phenoxy) is 2. The van der Waals surface area contributed by atoms with Crippen molar-refractivity contribution < 1.29 is 14.6 Å². The summed E-state index contributed by atoms with van der Waals surface area (Å²) in [6.07, 6.45) is 12.2. The van der Waals surface area contributed by atoms with Gasteiger partial charge in [-0.15, -0.1) is 0 Å². The van der Waals surface area contributed by atoms with Crippen LogP contribution in [0.4, 0.5) is 0 Å². The molecule has 0 aromatic rings. The van der Waals surface area contributed by atoms with E-state index in [1.165, 1.54) is 44.9 Å². The zero-order chi connectivity index (χ0) is 14.8.